The monoisotopic (exact) mass is 377 g/mol. The maximum Gasteiger partial charge on any atom is 0.348 e. The Morgan fingerprint density at radius 1 is 1.32 bits per heavy atom. The van der Waals surface area contributed by atoms with Crippen molar-refractivity contribution in [1.29, 1.82) is 0 Å². The molecule has 0 radical (unpaired) electrons. The maximum atomic E-state index is 11.9. The molecule has 1 N–H and O–H groups in total. The Bertz CT molecular complexity index is 929. The van der Waals surface area contributed by atoms with E-state index in [0.717, 1.165) is 21.2 Å². The molecule has 130 valence electrons. The molecule has 0 bridgehead atoms. The Morgan fingerprint density at radius 3 is 2.52 bits per heavy atom. The number of nitrogens with zero attached hydrogens (tertiary/aromatic N) is 2. The zero-order chi connectivity index (χ0) is 18.1. The first kappa shape index (κ1) is 17.3. The minimum Gasteiger partial charge on any atom is -0.755 e. The van der Waals surface area contributed by atoms with Gasteiger partial charge in [0, 0.05) is 4.88 Å². The molecule has 0 spiro atoms. The molecule has 1 unspecified atom stereocenters. The molecule has 0 saturated carbocycles. The van der Waals surface area contributed by atoms with E-state index >= 15 is 0 Å². The summed E-state index contributed by atoms with van der Waals surface area (Å²) in [5, 5.41) is 13.3. The summed E-state index contributed by atoms with van der Waals surface area (Å²) in [6, 6.07) is 10.7. The normalized spacial score (nSPS) is 12.1. The largest absolute Gasteiger partial charge is 0.755 e. The number of aromatic nitrogens is 1. The highest BCUT2D eigenvalue weighted by molar-refractivity contribution is 7.81. The molecule has 0 aliphatic heterocycles. The van der Waals surface area contributed by atoms with Crippen molar-refractivity contribution in [3.05, 3.63) is 52.7 Å². The Balaban J connectivity index is 2.21. The van der Waals surface area contributed by atoms with Crippen molar-refractivity contribution < 1.29 is 23.2 Å². The van der Waals surface area contributed by atoms with E-state index in [4.69, 9.17) is 4.52 Å². The van der Waals surface area contributed by atoms with Crippen molar-refractivity contribution in [2.75, 3.05) is 4.31 Å². The summed E-state index contributed by atoms with van der Waals surface area (Å²) in [5.41, 5.74) is 1.43. The van der Waals surface area contributed by atoms with Gasteiger partial charge in [0.2, 0.25) is 0 Å². The molecule has 0 amide bonds. The minimum atomic E-state index is -2.75. The smallest absolute Gasteiger partial charge is 0.348 e. The van der Waals surface area contributed by atoms with Gasteiger partial charge in [-0.3, -0.25) is 8.51 Å². The topological polar surface area (TPSA) is 107 Å². The highest BCUT2D eigenvalue weighted by Crippen LogP contribution is 2.41. The predicted molar refractivity (Wildman–Crippen MR) is 93.8 cm³/mol. The zero-order valence-corrected chi connectivity index (χ0v) is 14.9. The number of rotatable bonds is 5. The van der Waals surface area contributed by atoms with E-state index in [0.29, 0.717) is 10.6 Å². The first-order valence-corrected chi connectivity index (χ1v) is 9.00. The molecule has 9 heteroatoms. The second-order valence-corrected chi connectivity index (χ2v) is 7.03. The number of carboxylic acids is 1. The second-order valence-electron chi connectivity index (χ2n) is 5.18. The second kappa shape index (κ2) is 6.79. The Labute approximate surface area is 149 Å². The van der Waals surface area contributed by atoms with Crippen LogP contribution in [0.3, 0.4) is 0 Å². The number of anilines is 2. The number of aryl methyl sites for hydroxylation is 2. The van der Waals surface area contributed by atoms with Crippen LogP contribution in [0.5, 0.6) is 0 Å². The van der Waals surface area contributed by atoms with Crippen LogP contribution in [-0.2, 0) is 11.3 Å². The van der Waals surface area contributed by atoms with Crippen molar-refractivity contribution in [2.24, 2.45) is 0 Å². The molecule has 0 aliphatic rings. The number of carboxylic acid groups (broad SMARTS) is 1. The lowest BCUT2D eigenvalue weighted by atomic mass is 10.2. The fourth-order valence-electron chi connectivity index (χ4n) is 2.47. The molecule has 0 aliphatic carbocycles. The maximum absolute atomic E-state index is 11.9. The lowest BCUT2D eigenvalue weighted by molar-refractivity contribution is 0.0703. The fraction of sp³-hybridized carbons (Fsp3) is 0.125. The van der Waals surface area contributed by atoms with Crippen molar-refractivity contribution in [2.45, 2.75) is 13.8 Å². The molecule has 7 nitrogen and oxygen atoms in total. The summed E-state index contributed by atoms with van der Waals surface area (Å²) in [4.78, 5) is 12.2. The molecule has 2 aromatic heterocycles. The van der Waals surface area contributed by atoms with Gasteiger partial charge in [0.25, 0.3) is 0 Å². The van der Waals surface area contributed by atoms with Gasteiger partial charge in [-0.2, -0.15) is 0 Å². The van der Waals surface area contributed by atoms with Crippen LogP contribution in [0.15, 0.2) is 40.9 Å². The van der Waals surface area contributed by atoms with Gasteiger partial charge < -0.3 is 14.2 Å². The fourth-order valence-corrected chi connectivity index (χ4v) is 4.23. The number of aromatic carboxylic acids is 1. The van der Waals surface area contributed by atoms with Crippen LogP contribution in [0, 0.1) is 13.8 Å². The van der Waals surface area contributed by atoms with Gasteiger partial charge in [0.1, 0.15) is 16.3 Å². The summed E-state index contributed by atoms with van der Waals surface area (Å²) in [6.45, 7) is 3.16. The van der Waals surface area contributed by atoms with Gasteiger partial charge in [0.15, 0.2) is 5.76 Å². The van der Waals surface area contributed by atoms with Crippen molar-refractivity contribution in [3.8, 4) is 10.4 Å². The van der Waals surface area contributed by atoms with E-state index in [1.165, 1.54) is 0 Å². The van der Waals surface area contributed by atoms with E-state index in [2.05, 4.69) is 5.16 Å². The summed E-state index contributed by atoms with van der Waals surface area (Å²) >= 11 is -1.74. The van der Waals surface area contributed by atoms with Gasteiger partial charge in [-0.15, -0.1) is 11.3 Å². The lowest BCUT2D eigenvalue weighted by Gasteiger charge is -2.25. The van der Waals surface area contributed by atoms with E-state index in [-0.39, 0.29) is 22.0 Å². The number of hydrogen-bond donors (Lipinski definition) is 1. The average Bonchev–Trinajstić information content (AvgIpc) is 3.15. The van der Waals surface area contributed by atoms with Crippen LogP contribution in [0.1, 0.15) is 21.1 Å². The summed E-state index contributed by atoms with van der Waals surface area (Å²) < 4.78 is 29.7. The van der Waals surface area contributed by atoms with E-state index in [1.54, 1.807) is 19.9 Å². The lowest BCUT2D eigenvalue weighted by Crippen LogP contribution is -2.22. The number of thiophene rings is 1. The zero-order valence-electron chi connectivity index (χ0n) is 13.3. The predicted octanol–water partition coefficient (Wildman–Crippen LogP) is 3.65. The highest BCUT2D eigenvalue weighted by atomic mass is 32.2. The molecule has 0 saturated heterocycles. The molecule has 1 aromatic carbocycles. The first-order chi connectivity index (χ1) is 11.9. The Kier molecular flexibility index (Phi) is 4.71. The van der Waals surface area contributed by atoms with Gasteiger partial charge in [0.05, 0.1) is 17.0 Å². The molecular formula is C16H13N2O5S2-. The van der Waals surface area contributed by atoms with Gasteiger partial charge in [-0.1, -0.05) is 35.5 Å². The average molecular weight is 377 g/mol. The third kappa shape index (κ3) is 3.21. The molecule has 2 heterocycles. The minimum absolute atomic E-state index is 0.0547. The summed E-state index contributed by atoms with van der Waals surface area (Å²) in [5.74, 6) is -0.921. The quantitative estimate of drug-likeness (QED) is 0.680. The van der Waals surface area contributed by atoms with Crippen LogP contribution in [-0.4, -0.2) is 25.0 Å². The molecule has 1 atom stereocenters. The van der Waals surface area contributed by atoms with Gasteiger partial charge >= 0.3 is 5.97 Å². The SMILES string of the molecule is Cc1noc(C)c1N(c1cc(-c2ccccc2)sc1C(=O)O)S(=O)[O-]. The third-order valence-electron chi connectivity index (χ3n) is 3.53. The standard InChI is InChI=1S/C16H14N2O5S2/c1-9-14(10(2)23-17-9)18(25(21)22)12-8-13(24-15(12)16(19)20)11-6-4-3-5-7-11/h3-8H,1-2H3,(H,19,20)(H,21,22)/p-1. The molecule has 0 fully saturated rings. The Morgan fingerprint density at radius 2 is 2.00 bits per heavy atom. The van der Waals surface area contributed by atoms with Crippen LogP contribution < -0.4 is 4.31 Å². The molecule has 3 rings (SSSR count). The van der Waals surface area contributed by atoms with E-state index < -0.39 is 17.2 Å². The molecule has 25 heavy (non-hydrogen) atoms. The summed E-state index contributed by atoms with van der Waals surface area (Å²) in [6.07, 6.45) is 0. The van der Waals surface area contributed by atoms with Crippen molar-refractivity contribution >= 4 is 39.9 Å². The third-order valence-corrected chi connectivity index (χ3v) is 5.37. The Hall–Kier alpha value is -2.49. The number of hydrogen-bond acceptors (Lipinski definition) is 6. The molecule has 3 aromatic rings. The molecular weight excluding hydrogens is 364 g/mol. The van der Waals surface area contributed by atoms with Crippen molar-refractivity contribution in [3.63, 3.8) is 0 Å². The number of carbonyl (C=O) groups is 1. The first-order valence-electron chi connectivity index (χ1n) is 7.15. The van der Waals surface area contributed by atoms with Gasteiger partial charge in [-0.05, 0) is 25.5 Å². The summed E-state index contributed by atoms with van der Waals surface area (Å²) in [7, 11) is 0. The number of benzene rings is 1. The highest BCUT2D eigenvalue weighted by Gasteiger charge is 2.27. The van der Waals surface area contributed by atoms with Crippen LogP contribution >= 0.6 is 11.3 Å². The van der Waals surface area contributed by atoms with Crippen LogP contribution in [0.25, 0.3) is 10.4 Å². The van der Waals surface area contributed by atoms with Gasteiger partial charge in [-0.25, -0.2) is 4.79 Å². The van der Waals surface area contributed by atoms with Crippen molar-refractivity contribution in [1.82, 2.24) is 5.16 Å². The van der Waals surface area contributed by atoms with E-state index in [9.17, 15) is 18.7 Å². The van der Waals surface area contributed by atoms with E-state index in [1.807, 2.05) is 30.3 Å². The van der Waals surface area contributed by atoms with Crippen LogP contribution in [0.2, 0.25) is 0 Å². The van der Waals surface area contributed by atoms with Crippen LogP contribution in [0.4, 0.5) is 11.4 Å².